The summed E-state index contributed by atoms with van der Waals surface area (Å²) in [5.74, 6) is 0.715. The lowest BCUT2D eigenvalue weighted by Gasteiger charge is -2.29. The average Bonchev–Trinajstić information content (AvgIpc) is 2.63. The lowest BCUT2D eigenvalue weighted by Crippen LogP contribution is -2.35. The summed E-state index contributed by atoms with van der Waals surface area (Å²) in [4.78, 5) is 1.40. The first kappa shape index (κ1) is 16.0. The first-order chi connectivity index (χ1) is 8.45. The minimum atomic E-state index is 0.345. The fourth-order valence-corrected chi connectivity index (χ4v) is 3.68. The second-order valence-electron chi connectivity index (χ2n) is 5.97. The van der Waals surface area contributed by atoms with E-state index < -0.39 is 0 Å². The molecule has 0 bridgehead atoms. The largest absolute Gasteiger partial charge is 0.316 e. The first-order valence-corrected chi connectivity index (χ1v) is 8.09. The Bertz CT molecular complexity index is 348. The Labute approximate surface area is 121 Å². The predicted molar refractivity (Wildman–Crippen MR) is 83.8 cm³/mol. The molecule has 1 N–H and O–H groups in total. The van der Waals surface area contributed by atoms with Crippen LogP contribution in [-0.4, -0.2) is 13.1 Å². The monoisotopic (exact) mass is 287 g/mol. The van der Waals surface area contributed by atoms with E-state index in [1.54, 1.807) is 11.3 Å². The predicted octanol–water partition coefficient (Wildman–Crippen LogP) is 5.00. The molecule has 0 aromatic carbocycles. The van der Waals surface area contributed by atoms with E-state index in [1.807, 2.05) is 6.07 Å². The van der Waals surface area contributed by atoms with Gasteiger partial charge in [0.2, 0.25) is 0 Å². The molecule has 0 aliphatic carbocycles. The van der Waals surface area contributed by atoms with Crippen LogP contribution in [0.15, 0.2) is 12.1 Å². The molecule has 1 aromatic rings. The van der Waals surface area contributed by atoms with Crippen molar-refractivity contribution in [2.75, 3.05) is 13.1 Å². The van der Waals surface area contributed by atoms with E-state index in [2.05, 4.69) is 39.1 Å². The van der Waals surface area contributed by atoms with Gasteiger partial charge in [-0.2, -0.15) is 0 Å². The molecule has 0 saturated heterocycles. The molecule has 1 atom stereocenters. The minimum absolute atomic E-state index is 0.345. The highest BCUT2D eigenvalue weighted by atomic mass is 35.5. The van der Waals surface area contributed by atoms with Gasteiger partial charge in [0, 0.05) is 11.4 Å². The first-order valence-electron chi connectivity index (χ1n) is 6.90. The van der Waals surface area contributed by atoms with Gasteiger partial charge in [0.05, 0.1) is 4.34 Å². The Morgan fingerprint density at radius 2 is 2.11 bits per heavy atom. The van der Waals surface area contributed by atoms with Gasteiger partial charge in [-0.1, -0.05) is 45.7 Å². The Hall–Kier alpha value is -0.0500. The molecule has 0 spiro atoms. The Morgan fingerprint density at radius 1 is 1.39 bits per heavy atom. The molecule has 1 aromatic heterocycles. The van der Waals surface area contributed by atoms with Crippen molar-refractivity contribution >= 4 is 22.9 Å². The SMILES string of the molecule is CCCC(C)(CNCC(C)C)Cc1ccc(Cl)s1. The summed E-state index contributed by atoms with van der Waals surface area (Å²) in [7, 11) is 0. The molecular formula is C15H26ClNS. The Kier molecular flexibility index (Phi) is 6.68. The third-order valence-corrected chi connectivity index (χ3v) is 4.42. The van der Waals surface area contributed by atoms with E-state index in [4.69, 9.17) is 11.6 Å². The van der Waals surface area contributed by atoms with Gasteiger partial charge in [-0.3, -0.25) is 0 Å². The van der Waals surface area contributed by atoms with Crippen molar-refractivity contribution in [2.24, 2.45) is 11.3 Å². The maximum atomic E-state index is 6.02. The van der Waals surface area contributed by atoms with Gasteiger partial charge in [0.25, 0.3) is 0 Å². The second kappa shape index (κ2) is 7.52. The zero-order chi connectivity index (χ0) is 13.6. The minimum Gasteiger partial charge on any atom is -0.316 e. The number of nitrogens with one attached hydrogen (secondary N) is 1. The third kappa shape index (κ3) is 5.73. The highest BCUT2D eigenvalue weighted by Gasteiger charge is 2.24. The van der Waals surface area contributed by atoms with Crippen molar-refractivity contribution in [2.45, 2.75) is 47.0 Å². The van der Waals surface area contributed by atoms with Gasteiger partial charge >= 0.3 is 0 Å². The van der Waals surface area contributed by atoms with Crippen molar-refractivity contribution in [3.8, 4) is 0 Å². The van der Waals surface area contributed by atoms with Crippen molar-refractivity contribution in [3.05, 3.63) is 21.3 Å². The summed E-state index contributed by atoms with van der Waals surface area (Å²) < 4.78 is 0.902. The van der Waals surface area contributed by atoms with Crippen LogP contribution >= 0.6 is 22.9 Å². The normalized spacial score (nSPS) is 15.0. The van der Waals surface area contributed by atoms with Gasteiger partial charge in [0.1, 0.15) is 0 Å². The molecule has 1 heterocycles. The summed E-state index contributed by atoms with van der Waals surface area (Å²) in [6, 6.07) is 4.18. The van der Waals surface area contributed by atoms with Crippen LogP contribution in [0.4, 0.5) is 0 Å². The average molecular weight is 288 g/mol. The van der Waals surface area contributed by atoms with Crippen LogP contribution in [0.25, 0.3) is 0 Å². The van der Waals surface area contributed by atoms with Crippen LogP contribution in [0.2, 0.25) is 4.34 Å². The van der Waals surface area contributed by atoms with Crippen LogP contribution in [0, 0.1) is 11.3 Å². The van der Waals surface area contributed by atoms with Crippen LogP contribution in [0.1, 0.15) is 45.4 Å². The maximum Gasteiger partial charge on any atom is 0.0931 e. The van der Waals surface area contributed by atoms with E-state index >= 15 is 0 Å². The zero-order valence-corrected chi connectivity index (χ0v) is 13.6. The molecule has 0 saturated carbocycles. The van der Waals surface area contributed by atoms with Gasteiger partial charge < -0.3 is 5.32 Å². The molecule has 1 unspecified atom stereocenters. The quantitative estimate of drug-likeness (QED) is 0.710. The number of hydrogen-bond acceptors (Lipinski definition) is 2. The van der Waals surface area contributed by atoms with Gasteiger partial charge in [0.15, 0.2) is 0 Å². The summed E-state index contributed by atoms with van der Waals surface area (Å²) in [5.41, 5.74) is 0.345. The van der Waals surface area contributed by atoms with Crippen molar-refractivity contribution in [3.63, 3.8) is 0 Å². The molecule has 104 valence electrons. The fraction of sp³-hybridized carbons (Fsp3) is 0.733. The number of hydrogen-bond donors (Lipinski definition) is 1. The molecular weight excluding hydrogens is 262 g/mol. The van der Waals surface area contributed by atoms with Crippen molar-refractivity contribution in [1.82, 2.24) is 5.32 Å². The summed E-state index contributed by atoms with van der Waals surface area (Å²) in [5, 5.41) is 3.61. The molecule has 1 nitrogen and oxygen atoms in total. The van der Waals surface area contributed by atoms with Crippen LogP contribution in [0.5, 0.6) is 0 Å². The zero-order valence-electron chi connectivity index (χ0n) is 12.1. The topological polar surface area (TPSA) is 12.0 Å². The lowest BCUT2D eigenvalue weighted by molar-refractivity contribution is 0.272. The maximum absolute atomic E-state index is 6.02. The van der Waals surface area contributed by atoms with E-state index in [-0.39, 0.29) is 0 Å². The fourth-order valence-electron chi connectivity index (χ4n) is 2.37. The highest BCUT2D eigenvalue weighted by molar-refractivity contribution is 7.16. The smallest absolute Gasteiger partial charge is 0.0931 e. The molecule has 18 heavy (non-hydrogen) atoms. The third-order valence-electron chi connectivity index (χ3n) is 3.19. The van der Waals surface area contributed by atoms with E-state index in [9.17, 15) is 0 Å². The number of rotatable bonds is 8. The molecule has 0 fully saturated rings. The summed E-state index contributed by atoms with van der Waals surface area (Å²) in [6.45, 7) is 11.4. The van der Waals surface area contributed by atoms with Gasteiger partial charge in [-0.05, 0) is 42.9 Å². The van der Waals surface area contributed by atoms with E-state index in [0.29, 0.717) is 11.3 Å². The van der Waals surface area contributed by atoms with Crippen molar-refractivity contribution in [1.29, 1.82) is 0 Å². The number of thiophene rings is 1. The van der Waals surface area contributed by atoms with Crippen LogP contribution in [0.3, 0.4) is 0 Å². The molecule has 1 rings (SSSR count). The van der Waals surface area contributed by atoms with Gasteiger partial charge in [-0.15, -0.1) is 11.3 Å². The molecule has 0 aliphatic rings. The standard InChI is InChI=1S/C15H26ClNS/c1-5-8-15(4,11-17-10-12(2)3)9-13-6-7-14(16)18-13/h6-7,12,17H,5,8-11H2,1-4H3. The lowest BCUT2D eigenvalue weighted by atomic mass is 9.81. The van der Waals surface area contributed by atoms with Crippen LogP contribution in [-0.2, 0) is 6.42 Å². The molecule has 3 heteroatoms. The summed E-state index contributed by atoms with van der Waals surface area (Å²) >= 11 is 7.73. The molecule has 0 amide bonds. The molecule has 0 radical (unpaired) electrons. The second-order valence-corrected chi connectivity index (χ2v) is 7.77. The summed E-state index contributed by atoms with van der Waals surface area (Å²) in [6.07, 6.45) is 3.62. The van der Waals surface area contributed by atoms with Crippen molar-refractivity contribution < 1.29 is 0 Å². The number of halogens is 1. The highest BCUT2D eigenvalue weighted by Crippen LogP contribution is 2.32. The van der Waals surface area contributed by atoms with E-state index in [0.717, 1.165) is 23.8 Å². The Morgan fingerprint density at radius 3 is 2.61 bits per heavy atom. The molecule has 0 aliphatic heterocycles. The van der Waals surface area contributed by atoms with Crippen LogP contribution < -0.4 is 5.32 Å². The Balaban J connectivity index is 2.55. The van der Waals surface area contributed by atoms with Gasteiger partial charge in [-0.25, -0.2) is 0 Å². The van der Waals surface area contributed by atoms with E-state index in [1.165, 1.54) is 17.7 Å².